The quantitative estimate of drug-likeness (QED) is 0.639. The smallest absolute Gasteiger partial charge is 0.213 e. The molecule has 0 spiro atoms. The summed E-state index contributed by atoms with van der Waals surface area (Å²) in [6.45, 7) is 9.07. The van der Waals surface area contributed by atoms with E-state index >= 15 is 0 Å². The first-order chi connectivity index (χ1) is 7.30. The third-order valence-corrected chi connectivity index (χ3v) is 3.74. The van der Waals surface area contributed by atoms with Gasteiger partial charge in [0.15, 0.2) is 0 Å². The Hall–Kier alpha value is -0.170. The molecule has 0 radical (unpaired) electrons. The largest absolute Gasteiger partial charge is 0.395 e. The molecule has 16 heavy (non-hydrogen) atoms. The molecule has 0 amide bonds. The van der Waals surface area contributed by atoms with Crippen molar-refractivity contribution in [3.05, 3.63) is 0 Å². The molecule has 0 saturated heterocycles. The molecule has 0 aromatic rings. The summed E-state index contributed by atoms with van der Waals surface area (Å²) in [5.41, 5.74) is 0. The SMILES string of the molecule is CC(C)N(CCNS(=O)(=O)CCO)C(C)C. The molecular formula is C10H24N2O3S. The van der Waals surface area contributed by atoms with Crippen LogP contribution in [0.25, 0.3) is 0 Å². The Morgan fingerprint density at radius 3 is 2.06 bits per heavy atom. The average Bonchev–Trinajstić information content (AvgIpc) is 2.10. The fourth-order valence-electron chi connectivity index (χ4n) is 1.64. The second kappa shape index (κ2) is 7.21. The molecule has 5 nitrogen and oxygen atoms in total. The molecule has 0 atom stereocenters. The highest BCUT2D eigenvalue weighted by Crippen LogP contribution is 2.03. The average molecular weight is 252 g/mol. The second-order valence-electron chi connectivity index (χ2n) is 4.36. The van der Waals surface area contributed by atoms with E-state index in [1.165, 1.54) is 0 Å². The summed E-state index contributed by atoms with van der Waals surface area (Å²) in [6, 6.07) is 0.782. The van der Waals surface area contributed by atoms with E-state index in [0.29, 0.717) is 25.2 Å². The van der Waals surface area contributed by atoms with Gasteiger partial charge in [-0.25, -0.2) is 13.1 Å². The molecule has 98 valence electrons. The minimum Gasteiger partial charge on any atom is -0.395 e. The Labute approximate surface area is 98.9 Å². The van der Waals surface area contributed by atoms with Crippen molar-refractivity contribution < 1.29 is 13.5 Å². The zero-order valence-electron chi connectivity index (χ0n) is 10.6. The van der Waals surface area contributed by atoms with Crippen LogP contribution in [0.15, 0.2) is 0 Å². The van der Waals surface area contributed by atoms with Crippen molar-refractivity contribution in [2.45, 2.75) is 39.8 Å². The predicted molar refractivity (Wildman–Crippen MR) is 65.9 cm³/mol. The fourth-order valence-corrected chi connectivity index (χ4v) is 2.42. The third kappa shape index (κ3) is 6.42. The maximum atomic E-state index is 11.3. The van der Waals surface area contributed by atoms with E-state index in [-0.39, 0.29) is 12.4 Å². The van der Waals surface area contributed by atoms with Crippen molar-refractivity contribution >= 4 is 10.0 Å². The van der Waals surface area contributed by atoms with E-state index in [4.69, 9.17) is 5.11 Å². The summed E-state index contributed by atoms with van der Waals surface area (Å²) in [6.07, 6.45) is 0. The number of sulfonamides is 1. The van der Waals surface area contributed by atoms with E-state index in [1.807, 2.05) is 0 Å². The first-order valence-corrected chi connectivity index (χ1v) is 7.29. The highest BCUT2D eigenvalue weighted by Gasteiger charge is 2.14. The molecule has 0 rings (SSSR count). The van der Waals surface area contributed by atoms with E-state index in [0.717, 1.165) is 0 Å². The van der Waals surface area contributed by atoms with Crippen LogP contribution in [0.1, 0.15) is 27.7 Å². The van der Waals surface area contributed by atoms with Crippen LogP contribution in [-0.2, 0) is 10.0 Å². The molecule has 0 aromatic heterocycles. The number of aliphatic hydroxyl groups is 1. The lowest BCUT2D eigenvalue weighted by molar-refractivity contribution is 0.179. The number of nitrogens with zero attached hydrogens (tertiary/aromatic N) is 1. The van der Waals surface area contributed by atoms with Gasteiger partial charge in [-0.1, -0.05) is 0 Å². The van der Waals surface area contributed by atoms with Crippen LogP contribution in [0.2, 0.25) is 0 Å². The summed E-state index contributed by atoms with van der Waals surface area (Å²) in [5, 5.41) is 8.56. The molecule has 0 heterocycles. The van der Waals surface area contributed by atoms with Gasteiger partial charge in [0.2, 0.25) is 10.0 Å². The first-order valence-electron chi connectivity index (χ1n) is 5.64. The zero-order chi connectivity index (χ0) is 12.8. The number of hydrogen-bond donors (Lipinski definition) is 2. The number of nitrogens with one attached hydrogen (secondary N) is 1. The maximum absolute atomic E-state index is 11.3. The van der Waals surface area contributed by atoms with Gasteiger partial charge in [-0.3, -0.25) is 4.90 Å². The van der Waals surface area contributed by atoms with Gasteiger partial charge in [0.1, 0.15) is 0 Å². The van der Waals surface area contributed by atoms with Gasteiger partial charge >= 0.3 is 0 Å². The van der Waals surface area contributed by atoms with Gasteiger partial charge in [0.05, 0.1) is 12.4 Å². The van der Waals surface area contributed by atoms with Gasteiger partial charge < -0.3 is 5.11 Å². The van der Waals surface area contributed by atoms with Gasteiger partial charge in [-0.15, -0.1) is 0 Å². The highest BCUT2D eigenvalue weighted by atomic mass is 32.2. The number of aliphatic hydroxyl groups excluding tert-OH is 1. The highest BCUT2D eigenvalue weighted by molar-refractivity contribution is 7.89. The molecule has 2 N–H and O–H groups in total. The van der Waals surface area contributed by atoms with E-state index in [1.54, 1.807) is 0 Å². The Kier molecular flexibility index (Phi) is 7.14. The molecular weight excluding hydrogens is 228 g/mol. The number of rotatable bonds is 8. The summed E-state index contributed by atoms with van der Waals surface area (Å²) in [4.78, 5) is 2.21. The molecule has 0 unspecified atom stereocenters. The van der Waals surface area contributed by atoms with Gasteiger partial charge in [-0.05, 0) is 27.7 Å². The van der Waals surface area contributed by atoms with Crippen molar-refractivity contribution in [2.24, 2.45) is 0 Å². The lowest BCUT2D eigenvalue weighted by atomic mass is 10.2. The standard InChI is InChI=1S/C10H24N2O3S/c1-9(2)12(10(3)4)6-5-11-16(14,15)8-7-13/h9-11,13H,5-8H2,1-4H3. The molecule has 0 aliphatic rings. The lowest BCUT2D eigenvalue weighted by Crippen LogP contribution is -2.43. The Bertz CT molecular complexity index is 268. The van der Waals surface area contributed by atoms with E-state index < -0.39 is 10.0 Å². The molecule has 6 heteroatoms. The van der Waals surface area contributed by atoms with Gasteiger partial charge in [-0.2, -0.15) is 0 Å². The zero-order valence-corrected chi connectivity index (χ0v) is 11.4. The minimum absolute atomic E-state index is 0.226. The molecule has 0 aromatic carbocycles. The molecule has 0 aliphatic carbocycles. The topological polar surface area (TPSA) is 69.6 Å². The van der Waals surface area contributed by atoms with Gasteiger partial charge in [0.25, 0.3) is 0 Å². The first kappa shape index (κ1) is 15.8. The summed E-state index contributed by atoms with van der Waals surface area (Å²) in [7, 11) is -3.31. The number of hydrogen-bond acceptors (Lipinski definition) is 4. The molecule has 0 saturated carbocycles. The van der Waals surface area contributed by atoms with Crippen LogP contribution in [0.5, 0.6) is 0 Å². The fraction of sp³-hybridized carbons (Fsp3) is 1.00. The Morgan fingerprint density at radius 2 is 1.69 bits per heavy atom. The maximum Gasteiger partial charge on any atom is 0.213 e. The van der Waals surface area contributed by atoms with Crippen LogP contribution < -0.4 is 4.72 Å². The van der Waals surface area contributed by atoms with Crippen LogP contribution in [0.3, 0.4) is 0 Å². The summed E-state index contributed by atoms with van der Waals surface area (Å²) in [5.74, 6) is -0.226. The summed E-state index contributed by atoms with van der Waals surface area (Å²) >= 11 is 0. The Morgan fingerprint density at radius 1 is 1.19 bits per heavy atom. The molecule has 0 fully saturated rings. The Balaban J connectivity index is 4.05. The van der Waals surface area contributed by atoms with Crippen molar-refractivity contribution in [1.82, 2.24) is 9.62 Å². The predicted octanol–water partition coefficient (Wildman–Crippen LogP) is 0.0169. The van der Waals surface area contributed by atoms with E-state index in [2.05, 4.69) is 37.3 Å². The van der Waals surface area contributed by atoms with Crippen LogP contribution in [0.4, 0.5) is 0 Å². The molecule has 0 aliphatic heterocycles. The monoisotopic (exact) mass is 252 g/mol. The van der Waals surface area contributed by atoms with Gasteiger partial charge in [0, 0.05) is 25.2 Å². The van der Waals surface area contributed by atoms with Crippen molar-refractivity contribution in [2.75, 3.05) is 25.4 Å². The molecule has 0 bridgehead atoms. The van der Waals surface area contributed by atoms with Crippen molar-refractivity contribution in [3.8, 4) is 0 Å². The lowest BCUT2D eigenvalue weighted by Gasteiger charge is -2.30. The third-order valence-electron chi connectivity index (χ3n) is 2.38. The normalized spacial score (nSPS) is 13.0. The van der Waals surface area contributed by atoms with Crippen LogP contribution in [0, 0.1) is 0 Å². The van der Waals surface area contributed by atoms with Crippen LogP contribution >= 0.6 is 0 Å². The second-order valence-corrected chi connectivity index (χ2v) is 6.29. The van der Waals surface area contributed by atoms with E-state index in [9.17, 15) is 8.42 Å². The minimum atomic E-state index is -3.31. The van der Waals surface area contributed by atoms with Crippen molar-refractivity contribution in [1.29, 1.82) is 0 Å². The summed E-state index contributed by atoms with van der Waals surface area (Å²) < 4.78 is 25.0. The van der Waals surface area contributed by atoms with Crippen molar-refractivity contribution in [3.63, 3.8) is 0 Å². The van der Waals surface area contributed by atoms with Crippen LogP contribution in [-0.4, -0.2) is 56.0 Å².